The van der Waals surface area contributed by atoms with Crippen LogP contribution in [0.15, 0.2) is 23.1 Å². The summed E-state index contributed by atoms with van der Waals surface area (Å²) in [6.45, 7) is 0.651. The van der Waals surface area contributed by atoms with Crippen LogP contribution in [0.2, 0.25) is 0 Å². The van der Waals surface area contributed by atoms with E-state index < -0.39 is 14.9 Å². The Morgan fingerprint density at radius 2 is 2.16 bits per heavy atom. The van der Waals surface area contributed by atoms with Crippen LogP contribution >= 0.6 is 0 Å². The topological polar surface area (TPSA) is 125 Å². The third kappa shape index (κ3) is 4.16. The van der Waals surface area contributed by atoms with Crippen molar-refractivity contribution in [3.8, 4) is 0 Å². The summed E-state index contributed by atoms with van der Waals surface area (Å²) in [4.78, 5) is 9.80. The van der Waals surface area contributed by atoms with Crippen LogP contribution in [0.25, 0.3) is 0 Å². The molecule has 9 heteroatoms. The van der Waals surface area contributed by atoms with Crippen LogP contribution in [0.3, 0.4) is 0 Å². The SMILES string of the molecule is COCCCNS(=O)(=O)c1ccc([N+](=O)[O-])c(N)c1. The Morgan fingerprint density at radius 3 is 2.68 bits per heavy atom. The molecule has 0 fully saturated rings. The van der Waals surface area contributed by atoms with E-state index in [1.165, 1.54) is 7.11 Å². The first-order chi connectivity index (χ1) is 8.88. The van der Waals surface area contributed by atoms with E-state index in [0.29, 0.717) is 13.0 Å². The molecule has 1 aromatic carbocycles. The van der Waals surface area contributed by atoms with Crippen LogP contribution in [-0.4, -0.2) is 33.6 Å². The van der Waals surface area contributed by atoms with E-state index in [2.05, 4.69) is 4.72 Å². The van der Waals surface area contributed by atoms with Gasteiger partial charge in [-0.05, 0) is 18.6 Å². The number of nitrogen functional groups attached to an aromatic ring is 1. The van der Waals surface area contributed by atoms with E-state index in [1.807, 2.05) is 0 Å². The lowest BCUT2D eigenvalue weighted by molar-refractivity contribution is -0.383. The van der Waals surface area contributed by atoms with Crippen molar-refractivity contribution in [2.45, 2.75) is 11.3 Å². The first kappa shape index (κ1) is 15.3. The molecule has 0 aromatic heterocycles. The molecule has 0 aliphatic carbocycles. The van der Waals surface area contributed by atoms with E-state index >= 15 is 0 Å². The number of hydrogen-bond acceptors (Lipinski definition) is 6. The van der Waals surface area contributed by atoms with Gasteiger partial charge in [-0.15, -0.1) is 0 Å². The summed E-state index contributed by atoms with van der Waals surface area (Å²) in [6.07, 6.45) is 0.526. The number of nitrogens with two attached hydrogens (primary N) is 1. The van der Waals surface area contributed by atoms with Gasteiger partial charge in [0.1, 0.15) is 5.69 Å². The smallest absolute Gasteiger partial charge is 0.292 e. The van der Waals surface area contributed by atoms with E-state index in [1.54, 1.807) is 0 Å². The number of benzene rings is 1. The highest BCUT2D eigenvalue weighted by Crippen LogP contribution is 2.24. The highest BCUT2D eigenvalue weighted by atomic mass is 32.2. The molecule has 0 aliphatic heterocycles. The monoisotopic (exact) mass is 289 g/mol. The molecule has 8 nitrogen and oxygen atoms in total. The Kier molecular flexibility index (Phi) is 5.21. The molecule has 0 unspecified atom stereocenters. The molecule has 0 aliphatic rings. The maximum atomic E-state index is 11.9. The fourth-order valence-electron chi connectivity index (χ4n) is 1.37. The fraction of sp³-hybridized carbons (Fsp3) is 0.400. The average Bonchev–Trinajstić information content (AvgIpc) is 2.34. The molecule has 3 N–H and O–H groups in total. The summed E-state index contributed by atoms with van der Waals surface area (Å²) in [6, 6.07) is 3.28. The second kappa shape index (κ2) is 6.45. The lowest BCUT2D eigenvalue weighted by atomic mass is 10.3. The minimum Gasteiger partial charge on any atom is -0.393 e. The van der Waals surface area contributed by atoms with Gasteiger partial charge in [-0.2, -0.15) is 0 Å². The number of rotatable bonds is 7. The molecule has 19 heavy (non-hydrogen) atoms. The summed E-state index contributed by atoms with van der Waals surface area (Å²) in [5.74, 6) is 0. The van der Waals surface area contributed by atoms with Crippen molar-refractivity contribution in [1.82, 2.24) is 4.72 Å². The maximum Gasteiger partial charge on any atom is 0.292 e. The molecule has 1 rings (SSSR count). The molecule has 0 spiro atoms. The molecule has 1 aromatic rings. The molecule has 0 bridgehead atoms. The van der Waals surface area contributed by atoms with E-state index in [9.17, 15) is 18.5 Å². The third-order valence-electron chi connectivity index (χ3n) is 2.32. The standard InChI is InChI=1S/C10H15N3O5S/c1-18-6-2-5-12-19(16,17)8-3-4-10(13(14)15)9(11)7-8/h3-4,7,12H,2,5-6,11H2,1H3. The number of nitrogens with zero attached hydrogens (tertiary/aromatic N) is 1. The van der Waals surface area contributed by atoms with Gasteiger partial charge in [-0.3, -0.25) is 10.1 Å². The van der Waals surface area contributed by atoms with Gasteiger partial charge >= 0.3 is 0 Å². The largest absolute Gasteiger partial charge is 0.393 e. The number of hydrogen-bond donors (Lipinski definition) is 2. The third-order valence-corrected chi connectivity index (χ3v) is 3.78. The minimum absolute atomic E-state index is 0.104. The van der Waals surface area contributed by atoms with Crippen LogP contribution in [0.5, 0.6) is 0 Å². The molecule has 106 valence electrons. The molecule has 0 saturated carbocycles. The summed E-state index contributed by atoms with van der Waals surface area (Å²) in [5.41, 5.74) is 4.93. The zero-order valence-corrected chi connectivity index (χ0v) is 11.1. The summed E-state index contributed by atoms with van der Waals surface area (Å²) in [7, 11) is -2.19. The van der Waals surface area contributed by atoms with Crippen LogP contribution in [-0.2, 0) is 14.8 Å². The Morgan fingerprint density at radius 1 is 1.47 bits per heavy atom. The number of sulfonamides is 1. The van der Waals surface area contributed by atoms with E-state index in [0.717, 1.165) is 18.2 Å². The molecular formula is C10H15N3O5S. The molecule has 0 saturated heterocycles. The van der Waals surface area contributed by atoms with Gasteiger partial charge in [0, 0.05) is 26.3 Å². The molecular weight excluding hydrogens is 274 g/mol. The number of anilines is 1. The summed E-state index contributed by atoms with van der Waals surface area (Å²) in [5, 5.41) is 10.6. The molecule has 0 radical (unpaired) electrons. The lowest BCUT2D eigenvalue weighted by Gasteiger charge is -2.07. The van der Waals surface area contributed by atoms with Gasteiger partial charge < -0.3 is 10.5 Å². The quantitative estimate of drug-likeness (QED) is 0.326. The summed E-state index contributed by atoms with van der Waals surface area (Å²) >= 11 is 0. The maximum absolute atomic E-state index is 11.9. The zero-order chi connectivity index (χ0) is 14.5. The van der Waals surface area contributed by atoms with Crippen molar-refractivity contribution in [3.05, 3.63) is 28.3 Å². The van der Waals surface area contributed by atoms with Crippen LogP contribution in [0.4, 0.5) is 11.4 Å². The number of nitrogens with one attached hydrogen (secondary N) is 1. The van der Waals surface area contributed by atoms with Crippen molar-refractivity contribution in [3.63, 3.8) is 0 Å². The Labute approximate surface area is 110 Å². The van der Waals surface area contributed by atoms with Crippen molar-refractivity contribution >= 4 is 21.4 Å². The number of methoxy groups -OCH3 is 1. The van der Waals surface area contributed by atoms with Crippen molar-refractivity contribution < 1.29 is 18.1 Å². The average molecular weight is 289 g/mol. The van der Waals surface area contributed by atoms with Gasteiger partial charge in [0.2, 0.25) is 10.0 Å². The van der Waals surface area contributed by atoms with Gasteiger partial charge in [0.25, 0.3) is 5.69 Å². The van der Waals surface area contributed by atoms with E-state index in [-0.39, 0.29) is 22.8 Å². The summed E-state index contributed by atoms with van der Waals surface area (Å²) < 4.78 is 30.8. The van der Waals surface area contributed by atoms with Gasteiger partial charge in [-0.25, -0.2) is 13.1 Å². The molecule has 0 heterocycles. The minimum atomic E-state index is -3.71. The first-order valence-electron chi connectivity index (χ1n) is 5.41. The van der Waals surface area contributed by atoms with Crippen molar-refractivity contribution in [2.75, 3.05) is 26.0 Å². The highest BCUT2D eigenvalue weighted by Gasteiger charge is 2.18. The molecule has 0 atom stereocenters. The predicted molar refractivity (Wildman–Crippen MR) is 69.2 cm³/mol. The Balaban J connectivity index is 2.84. The van der Waals surface area contributed by atoms with Crippen LogP contribution in [0, 0.1) is 10.1 Å². The Hall–Kier alpha value is -1.71. The Bertz CT molecular complexity index is 558. The number of nitro groups is 1. The predicted octanol–water partition coefficient (Wildman–Crippen LogP) is 0.492. The fourth-order valence-corrected chi connectivity index (χ4v) is 2.48. The van der Waals surface area contributed by atoms with Gasteiger partial charge in [-0.1, -0.05) is 0 Å². The van der Waals surface area contributed by atoms with Crippen LogP contribution in [0.1, 0.15) is 6.42 Å². The zero-order valence-electron chi connectivity index (χ0n) is 10.3. The van der Waals surface area contributed by atoms with Crippen LogP contribution < -0.4 is 10.5 Å². The van der Waals surface area contributed by atoms with Crippen molar-refractivity contribution in [2.24, 2.45) is 0 Å². The van der Waals surface area contributed by atoms with Crippen molar-refractivity contribution in [1.29, 1.82) is 0 Å². The lowest BCUT2D eigenvalue weighted by Crippen LogP contribution is -2.25. The highest BCUT2D eigenvalue weighted by molar-refractivity contribution is 7.89. The van der Waals surface area contributed by atoms with Gasteiger partial charge in [0.15, 0.2) is 0 Å². The number of nitro benzene ring substituents is 1. The second-order valence-electron chi connectivity index (χ2n) is 3.72. The number of ether oxygens (including phenoxy) is 1. The first-order valence-corrected chi connectivity index (χ1v) is 6.89. The second-order valence-corrected chi connectivity index (χ2v) is 5.49. The normalized spacial score (nSPS) is 11.4. The van der Waals surface area contributed by atoms with E-state index in [4.69, 9.17) is 10.5 Å². The van der Waals surface area contributed by atoms with Gasteiger partial charge in [0.05, 0.1) is 9.82 Å². The molecule has 0 amide bonds.